The Hall–Kier alpha value is -1.68. The van der Waals surface area contributed by atoms with Crippen LogP contribution in [0.3, 0.4) is 0 Å². The van der Waals surface area contributed by atoms with Gasteiger partial charge in [-0.15, -0.1) is 0 Å². The maximum absolute atomic E-state index is 10.1. The Balaban J connectivity index is 2.59. The molecule has 0 fully saturated rings. The molecule has 0 aliphatic heterocycles. The molecule has 0 aliphatic carbocycles. The molecule has 3 nitrogen and oxygen atoms in total. The normalized spacial score (nSPS) is 11.9. The largest absolute Gasteiger partial charge is 0.507 e. The SMILES string of the molecule is CC(C)N=C(c1ccccn1)c1cc(Br)ccc1O. The Morgan fingerprint density at radius 2 is 2.05 bits per heavy atom. The van der Waals surface area contributed by atoms with Gasteiger partial charge in [-0.2, -0.15) is 0 Å². The van der Waals surface area contributed by atoms with E-state index in [0.717, 1.165) is 10.2 Å². The summed E-state index contributed by atoms with van der Waals surface area (Å²) in [5, 5.41) is 10.1. The topological polar surface area (TPSA) is 45.5 Å². The van der Waals surface area contributed by atoms with Crippen LogP contribution in [-0.4, -0.2) is 21.8 Å². The van der Waals surface area contributed by atoms with Crippen molar-refractivity contribution in [2.24, 2.45) is 4.99 Å². The molecule has 0 amide bonds. The van der Waals surface area contributed by atoms with Crippen molar-refractivity contribution in [2.75, 3.05) is 0 Å². The molecule has 98 valence electrons. The lowest BCUT2D eigenvalue weighted by Gasteiger charge is -2.10. The van der Waals surface area contributed by atoms with Gasteiger partial charge < -0.3 is 5.11 Å². The molecule has 19 heavy (non-hydrogen) atoms. The van der Waals surface area contributed by atoms with Crippen LogP contribution in [0.1, 0.15) is 25.1 Å². The zero-order chi connectivity index (χ0) is 13.8. The zero-order valence-corrected chi connectivity index (χ0v) is 12.4. The highest BCUT2D eigenvalue weighted by atomic mass is 79.9. The first-order chi connectivity index (χ1) is 9.08. The maximum atomic E-state index is 10.1. The average Bonchev–Trinajstić information content (AvgIpc) is 2.40. The fourth-order valence-corrected chi connectivity index (χ4v) is 2.09. The first kappa shape index (κ1) is 13.7. The molecule has 0 bridgehead atoms. The molecule has 1 N–H and O–H groups in total. The van der Waals surface area contributed by atoms with Gasteiger partial charge in [0.2, 0.25) is 0 Å². The first-order valence-electron chi connectivity index (χ1n) is 6.06. The number of hydrogen-bond donors (Lipinski definition) is 1. The summed E-state index contributed by atoms with van der Waals surface area (Å²) >= 11 is 3.42. The van der Waals surface area contributed by atoms with E-state index in [4.69, 9.17) is 0 Å². The minimum Gasteiger partial charge on any atom is -0.507 e. The molecular weight excluding hydrogens is 304 g/mol. The molecule has 0 unspecified atom stereocenters. The van der Waals surface area contributed by atoms with Crippen LogP contribution in [0, 0.1) is 0 Å². The Bertz CT molecular complexity index is 594. The summed E-state index contributed by atoms with van der Waals surface area (Å²) in [6.07, 6.45) is 1.72. The number of rotatable bonds is 3. The van der Waals surface area contributed by atoms with E-state index >= 15 is 0 Å². The van der Waals surface area contributed by atoms with Crippen LogP contribution in [0.15, 0.2) is 52.1 Å². The van der Waals surface area contributed by atoms with Gasteiger partial charge in [-0.3, -0.25) is 9.98 Å². The molecular formula is C15H15BrN2O. The molecule has 0 spiro atoms. The molecule has 0 saturated heterocycles. The van der Waals surface area contributed by atoms with Gasteiger partial charge in [0.15, 0.2) is 0 Å². The minimum absolute atomic E-state index is 0.121. The Kier molecular flexibility index (Phi) is 4.32. The third kappa shape index (κ3) is 3.41. The smallest absolute Gasteiger partial charge is 0.125 e. The lowest BCUT2D eigenvalue weighted by atomic mass is 10.1. The summed E-state index contributed by atoms with van der Waals surface area (Å²) in [5.74, 6) is 0.202. The van der Waals surface area contributed by atoms with Crippen molar-refractivity contribution in [1.29, 1.82) is 0 Å². The van der Waals surface area contributed by atoms with Crippen LogP contribution in [0.2, 0.25) is 0 Å². The minimum atomic E-state index is 0.121. The highest BCUT2D eigenvalue weighted by Crippen LogP contribution is 2.25. The van der Waals surface area contributed by atoms with E-state index in [1.807, 2.05) is 38.1 Å². The number of phenols is 1. The Morgan fingerprint density at radius 1 is 1.26 bits per heavy atom. The van der Waals surface area contributed by atoms with E-state index in [1.165, 1.54) is 0 Å². The van der Waals surface area contributed by atoms with Gasteiger partial charge in [0.25, 0.3) is 0 Å². The van der Waals surface area contributed by atoms with Crippen molar-refractivity contribution in [3.8, 4) is 5.75 Å². The van der Waals surface area contributed by atoms with Gasteiger partial charge in [0, 0.05) is 22.3 Å². The van der Waals surface area contributed by atoms with Gasteiger partial charge in [-0.05, 0) is 44.2 Å². The van der Waals surface area contributed by atoms with E-state index in [1.54, 1.807) is 18.3 Å². The lowest BCUT2D eigenvalue weighted by molar-refractivity contribution is 0.474. The summed E-state index contributed by atoms with van der Waals surface area (Å²) in [4.78, 5) is 8.91. The Labute approximate surface area is 121 Å². The summed E-state index contributed by atoms with van der Waals surface area (Å²) in [6.45, 7) is 4.00. The highest BCUT2D eigenvalue weighted by molar-refractivity contribution is 9.10. The van der Waals surface area contributed by atoms with E-state index < -0.39 is 0 Å². The fourth-order valence-electron chi connectivity index (χ4n) is 1.73. The number of aromatic hydroxyl groups is 1. The van der Waals surface area contributed by atoms with Crippen molar-refractivity contribution in [3.63, 3.8) is 0 Å². The standard InChI is InChI=1S/C15H15BrN2O/c1-10(2)18-15(13-5-3-4-8-17-13)12-9-11(16)6-7-14(12)19/h3-10,19H,1-2H3. The second kappa shape index (κ2) is 5.97. The molecule has 0 aliphatic rings. The number of pyridine rings is 1. The van der Waals surface area contributed by atoms with Gasteiger partial charge in [0.1, 0.15) is 5.75 Å². The number of halogens is 1. The molecule has 2 rings (SSSR count). The number of aliphatic imine (C=N–C) groups is 1. The van der Waals surface area contributed by atoms with E-state index in [9.17, 15) is 5.11 Å². The van der Waals surface area contributed by atoms with E-state index in [0.29, 0.717) is 11.3 Å². The van der Waals surface area contributed by atoms with Gasteiger partial charge in [-0.25, -0.2) is 0 Å². The van der Waals surface area contributed by atoms with Crippen molar-refractivity contribution in [2.45, 2.75) is 19.9 Å². The fraction of sp³-hybridized carbons (Fsp3) is 0.200. The third-order valence-corrected chi connectivity index (χ3v) is 3.00. The molecule has 0 atom stereocenters. The summed E-state index contributed by atoms with van der Waals surface area (Å²) < 4.78 is 0.896. The monoisotopic (exact) mass is 318 g/mol. The quantitative estimate of drug-likeness (QED) is 0.875. The van der Waals surface area contributed by atoms with Crippen LogP contribution in [-0.2, 0) is 0 Å². The van der Waals surface area contributed by atoms with Crippen LogP contribution < -0.4 is 0 Å². The van der Waals surface area contributed by atoms with Gasteiger partial charge >= 0.3 is 0 Å². The molecule has 4 heteroatoms. The second-order valence-corrected chi connectivity index (χ2v) is 5.36. The van der Waals surface area contributed by atoms with Gasteiger partial charge in [-0.1, -0.05) is 22.0 Å². The van der Waals surface area contributed by atoms with E-state index in [2.05, 4.69) is 25.9 Å². The average molecular weight is 319 g/mol. The molecule has 1 aromatic heterocycles. The number of phenolic OH excluding ortho intramolecular Hbond substituents is 1. The number of aromatic nitrogens is 1. The van der Waals surface area contributed by atoms with Crippen LogP contribution in [0.5, 0.6) is 5.75 Å². The molecule has 1 heterocycles. The number of nitrogens with zero attached hydrogens (tertiary/aromatic N) is 2. The third-order valence-electron chi connectivity index (χ3n) is 2.51. The summed E-state index contributed by atoms with van der Waals surface area (Å²) in [7, 11) is 0. The summed E-state index contributed by atoms with van der Waals surface area (Å²) in [5.41, 5.74) is 2.14. The first-order valence-corrected chi connectivity index (χ1v) is 6.85. The van der Waals surface area contributed by atoms with Crippen LogP contribution in [0.25, 0.3) is 0 Å². The summed E-state index contributed by atoms with van der Waals surface area (Å²) in [6, 6.07) is 11.1. The van der Waals surface area contributed by atoms with E-state index in [-0.39, 0.29) is 11.8 Å². The van der Waals surface area contributed by atoms with Crippen LogP contribution >= 0.6 is 15.9 Å². The van der Waals surface area contributed by atoms with Crippen molar-refractivity contribution < 1.29 is 5.11 Å². The molecule has 0 saturated carbocycles. The van der Waals surface area contributed by atoms with Gasteiger partial charge in [0.05, 0.1) is 11.4 Å². The zero-order valence-electron chi connectivity index (χ0n) is 10.8. The predicted molar refractivity (Wildman–Crippen MR) is 80.8 cm³/mol. The molecule has 0 radical (unpaired) electrons. The van der Waals surface area contributed by atoms with Crippen molar-refractivity contribution >= 4 is 21.6 Å². The lowest BCUT2D eigenvalue weighted by Crippen LogP contribution is -2.09. The van der Waals surface area contributed by atoms with Crippen molar-refractivity contribution in [3.05, 3.63) is 58.3 Å². The Morgan fingerprint density at radius 3 is 2.68 bits per heavy atom. The van der Waals surface area contributed by atoms with Crippen molar-refractivity contribution in [1.82, 2.24) is 4.98 Å². The van der Waals surface area contributed by atoms with Crippen LogP contribution in [0.4, 0.5) is 0 Å². The second-order valence-electron chi connectivity index (χ2n) is 4.45. The maximum Gasteiger partial charge on any atom is 0.125 e. The predicted octanol–water partition coefficient (Wildman–Crippen LogP) is 3.80. The number of hydrogen-bond acceptors (Lipinski definition) is 3. The molecule has 2 aromatic rings. The highest BCUT2D eigenvalue weighted by Gasteiger charge is 2.13. The number of benzene rings is 1. The molecule has 1 aromatic carbocycles.